The minimum atomic E-state index is -0.340. The molecule has 0 aromatic heterocycles. The molecule has 0 atom stereocenters. The van der Waals surface area contributed by atoms with Crippen LogP contribution in [0.25, 0.3) is 0 Å². The standard InChI is InChI=1S/C9H11BrClN.ClH/c1-9(2,12)6-3-7(10)5-8(11)4-6;/h3-5H,12H2,1-2H3;1H. The second-order valence-electron chi connectivity index (χ2n) is 3.38. The first-order valence-corrected chi connectivity index (χ1v) is 4.82. The summed E-state index contributed by atoms with van der Waals surface area (Å²) in [6, 6.07) is 5.70. The summed E-state index contributed by atoms with van der Waals surface area (Å²) in [5.41, 5.74) is 6.60. The largest absolute Gasteiger partial charge is 0.322 e. The molecule has 2 N–H and O–H groups in total. The fraction of sp³-hybridized carbons (Fsp3) is 0.333. The Bertz CT molecular complexity index is 274. The minimum absolute atomic E-state index is 0. The molecule has 0 amide bonds. The topological polar surface area (TPSA) is 26.0 Å². The lowest BCUT2D eigenvalue weighted by Crippen LogP contribution is -2.28. The zero-order valence-corrected chi connectivity index (χ0v) is 10.6. The van der Waals surface area contributed by atoms with Gasteiger partial charge < -0.3 is 5.73 Å². The van der Waals surface area contributed by atoms with Crippen molar-refractivity contribution in [1.29, 1.82) is 0 Å². The Kier molecular flexibility index (Phi) is 4.73. The lowest BCUT2D eigenvalue weighted by Gasteiger charge is -2.19. The number of hydrogen-bond donors (Lipinski definition) is 1. The molecule has 0 heterocycles. The van der Waals surface area contributed by atoms with Gasteiger partial charge in [0.2, 0.25) is 0 Å². The van der Waals surface area contributed by atoms with Crippen molar-refractivity contribution >= 4 is 39.9 Å². The monoisotopic (exact) mass is 283 g/mol. The summed E-state index contributed by atoms with van der Waals surface area (Å²) in [7, 11) is 0. The minimum Gasteiger partial charge on any atom is -0.322 e. The van der Waals surface area contributed by atoms with E-state index in [1.807, 2.05) is 32.0 Å². The first-order chi connectivity index (χ1) is 5.39. The summed E-state index contributed by atoms with van der Waals surface area (Å²) in [5, 5.41) is 0.706. The quantitative estimate of drug-likeness (QED) is 0.836. The fourth-order valence-electron chi connectivity index (χ4n) is 0.926. The highest BCUT2D eigenvalue weighted by molar-refractivity contribution is 9.10. The molecule has 0 fully saturated rings. The molecular formula is C9H12BrCl2N. The molecule has 1 rings (SSSR count). The van der Waals surface area contributed by atoms with Crippen molar-refractivity contribution in [2.24, 2.45) is 5.73 Å². The van der Waals surface area contributed by atoms with Gasteiger partial charge in [0.05, 0.1) is 0 Å². The molecule has 0 aliphatic heterocycles. The highest BCUT2D eigenvalue weighted by Gasteiger charge is 2.14. The summed E-state index contributed by atoms with van der Waals surface area (Å²) in [6.45, 7) is 3.90. The predicted molar refractivity (Wildman–Crippen MR) is 63.6 cm³/mol. The maximum Gasteiger partial charge on any atom is 0.0420 e. The van der Waals surface area contributed by atoms with E-state index < -0.39 is 0 Å². The van der Waals surface area contributed by atoms with Crippen LogP contribution in [0.3, 0.4) is 0 Å². The summed E-state index contributed by atoms with van der Waals surface area (Å²) in [5.74, 6) is 0. The maximum atomic E-state index is 5.92. The van der Waals surface area contributed by atoms with Crippen LogP contribution in [0.4, 0.5) is 0 Å². The molecule has 13 heavy (non-hydrogen) atoms. The third-order valence-corrected chi connectivity index (χ3v) is 2.28. The van der Waals surface area contributed by atoms with Gasteiger partial charge in [0.25, 0.3) is 0 Å². The van der Waals surface area contributed by atoms with Crippen LogP contribution in [-0.2, 0) is 5.54 Å². The molecule has 0 unspecified atom stereocenters. The Labute approximate surface area is 98.2 Å². The fourth-order valence-corrected chi connectivity index (χ4v) is 1.79. The Balaban J connectivity index is 0.00000144. The number of halogens is 3. The van der Waals surface area contributed by atoms with Crippen LogP contribution in [0.2, 0.25) is 5.02 Å². The van der Waals surface area contributed by atoms with Gasteiger partial charge in [-0.15, -0.1) is 12.4 Å². The smallest absolute Gasteiger partial charge is 0.0420 e. The molecule has 74 valence electrons. The molecule has 1 aromatic rings. The van der Waals surface area contributed by atoms with Crippen molar-refractivity contribution in [3.8, 4) is 0 Å². The number of rotatable bonds is 1. The molecule has 0 aliphatic rings. The van der Waals surface area contributed by atoms with E-state index in [2.05, 4.69) is 15.9 Å². The summed E-state index contributed by atoms with van der Waals surface area (Å²) in [4.78, 5) is 0. The van der Waals surface area contributed by atoms with Crippen LogP contribution < -0.4 is 5.73 Å². The van der Waals surface area contributed by atoms with Gasteiger partial charge in [-0.1, -0.05) is 27.5 Å². The van der Waals surface area contributed by atoms with Crippen molar-refractivity contribution in [3.05, 3.63) is 33.3 Å². The first-order valence-electron chi connectivity index (χ1n) is 3.65. The molecule has 0 spiro atoms. The average Bonchev–Trinajstić information content (AvgIpc) is 1.82. The third-order valence-electron chi connectivity index (χ3n) is 1.61. The lowest BCUT2D eigenvalue weighted by molar-refractivity contribution is 0.554. The zero-order chi connectivity index (χ0) is 9.35. The van der Waals surface area contributed by atoms with E-state index >= 15 is 0 Å². The number of benzene rings is 1. The van der Waals surface area contributed by atoms with Gasteiger partial charge in [0, 0.05) is 15.0 Å². The second kappa shape index (κ2) is 4.65. The number of hydrogen-bond acceptors (Lipinski definition) is 1. The van der Waals surface area contributed by atoms with Gasteiger partial charge in [0.15, 0.2) is 0 Å². The molecular weight excluding hydrogens is 273 g/mol. The highest BCUT2D eigenvalue weighted by atomic mass is 79.9. The molecule has 0 aliphatic carbocycles. The lowest BCUT2D eigenvalue weighted by atomic mass is 9.96. The highest BCUT2D eigenvalue weighted by Crippen LogP contribution is 2.25. The average molecular weight is 285 g/mol. The van der Waals surface area contributed by atoms with E-state index in [1.54, 1.807) is 0 Å². The predicted octanol–water partition coefficient (Wildman–Crippen LogP) is 3.72. The second-order valence-corrected chi connectivity index (χ2v) is 4.73. The van der Waals surface area contributed by atoms with Gasteiger partial charge >= 0.3 is 0 Å². The molecule has 1 aromatic carbocycles. The van der Waals surface area contributed by atoms with Crippen LogP contribution >= 0.6 is 39.9 Å². The Hall–Kier alpha value is 0.240. The molecule has 0 radical (unpaired) electrons. The Morgan fingerprint density at radius 2 is 1.85 bits per heavy atom. The first kappa shape index (κ1) is 13.2. The molecule has 4 heteroatoms. The van der Waals surface area contributed by atoms with Crippen molar-refractivity contribution in [2.45, 2.75) is 19.4 Å². The Morgan fingerprint density at radius 1 is 1.31 bits per heavy atom. The van der Waals surface area contributed by atoms with E-state index in [0.717, 1.165) is 10.0 Å². The SMILES string of the molecule is CC(C)(N)c1cc(Cl)cc(Br)c1.Cl. The summed E-state index contributed by atoms with van der Waals surface area (Å²) >= 11 is 9.24. The van der Waals surface area contributed by atoms with Crippen LogP contribution in [0.1, 0.15) is 19.4 Å². The normalized spacial score (nSPS) is 10.8. The van der Waals surface area contributed by atoms with E-state index in [-0.39, 0.29) is 17.9 Å². The van der Waals surface area contributed by atoms with Gasteiger partial charge in [-0.3, -0.25) is 0 Å². The molecule has 0 saturated heterocycles. The van der Waals surface area contributed by atoms with Crippen molar-refractivity contribution in [2.75, 3.05) is 0 Å². The van der Waals surface area contributed by atoms with Crippen molar-refractivity contribution in [1.82, 2.24) is 0 Å². The summed E-state index contributed by atoms with van der Waals surface area (Å²) < 4.78 is 0.962. The van der Waals surface area contributed by atoms with Crippen LogP contribution in [-0.4, -0.2) is 0 Å². The van der Waals surface area contributed by atoms with Gasteiger partial charge in [-0.05, 0) is 37.6 Å². The van der Waals surface area contributed by atoms with E-state index in [0.29, 0.717) is 5.02 Å². The molecule has 1 nitrogen and oxygen atoms in total. The third kappa shape index (κ3) is 3.86. The van der Waals surface area contributed by atoms with Gasteiger partial charge in [-0.2, -0.15) is 0 Å². The number of nitrogens with two attached hydrogens (primary N) is 1. The van der Waals surface area contributed by atoms with E-state index in [4.69, 9.17) is 17.3 Å². The van der Waals surface area contributed by atoms with E-state index in [9.17, 15) is 0 Å². The Morgan fingerprint density at radius 3 is 2.23 bits per heavy atom. The van der Waals surface area contributed by atoms with Crippen LogP contribution in [0.15, 0.2) is 22.7 Å². The van der Waals surface area contributed by atoms with E-state index in [1.165, 1.54) is 0 Å². The maximum absolute atomic E-state index is 5.92. The van der Waals surface area contributed by atoms with Gasteiger partial charge in [0.1, 0.15) is 0 Å². The summed E-state index contributed by atoms with van der Waals surface area (Å²) in [6.07, 6.45) is 0. The molecule has 0 saturated carbocycles. The van der Waals surface area contributed by atoms with Crippen molar-refractivity contribution in [3.63, 3.8) is 0 Å². The zero-order valence-electron chi connectivity index (χ0n) is 7.47. The van der Waals surface area contributed by atoms with Crippen LogP contribution in [0.5, 0.6) is 0 Å². The van der Waals surface area contributed by atoms with Crippen molar-refractivity contribution < 1.29 is 0 Å². The van der Waals surface area contributed by atoms with Crippen LogP contribution in [0, 0.1) is 0 Å². The molecule has 0 bridgehead atoms. The van der Waals surface area contributed by atoms with Gasteiger partial charge in [-0.25, -0.2) is 0 Å².